The van der Waals surface area contributed by atoms with Crippen LogP contribution in [-0.2, 0) is 11.0 Å². The van der Waals surface area contributed by atoms with Crippen molar-refractivity contribution in [3.8, 4) is 11.1 Å². The van der Waals surface area contributed by atoms with E-state index in [0.717, 1.165) is 12.1 Å². The minimum absolute atomic E-state index is 0.182. The summed E-state index contributed by atoms with van der Waals surface area (Å²) >= 11 is 0. The maximum atomic E-state index is 13.1. The number of aliphatic carboxylic acids is 1. The first-order chi connectivity index (χ1) is 9.89. The summed E-state index contributed by atoms with van der Waals surface area (Å²) in [6.45, 7) is 0. The fourth-order valence-electron chi connectivity index (χ4n) is 1.93. The normalized spacial score (nSPS) is 11.8. The van der Waals surface area contributed by atoms with Gasteiger partial charge in [0.25, 0.3) is 0 Å². The average molecular weight is 293 g/mol. The number of halogens is 3. The lowest BCUT2D eigenvalue weighted by Crippen LogP contribution is -2.08. The van der Waals surface area contributed by atoms with E-state index in [0.29, 0.717) is 17.2 Å². The molecule has 0 spiro atoms. The summed E-state index contributed by atoms with van der Waals surface area (Å²) in [7, 11) is 0. The van der Waals surface area contributed by atoms with Gasteiger partial charge in [0.2, 0.25) is 0 Å². The zero-order valence-electron chi connectivity index (χ0n) is 10.6. The summed E-state index contributed by atoms with van der Waals surface area (Å²) in [5, 5.41) is 8.65. The summed E-state index contributed by atoms with van der Waals surface area (Å²) in [5.41, 5.74) is -0.237. The van der Waals surface area contributed by atoms with E-state index in [2.05, 4.69) is 4.98 Å². The van der Waals surface area contributed by atoms with Crippen molar-refractivity contribution < 1.29 is 23.1 Å². The fraction of sp³-hybridized carbons (Fsp3) is 0.0667. The Morgan fingerprint density at radius 2 is 1.81 bits per heavy atom. The molecule has 0 saturated carbocycles. The molecule has 0 fully saturated rings. The van der Waals surface area contributed by atoms with Gasteiger partial charge in [-0.1, -0.05) is 12.1 Å². The van der Waals surface area contributed by atoms with E-state index in [1.807, 2.05) is 0 Å². The van der Waals surface area contributed by atoms with Gasteiger partial charge in [-0.3, -0.25) is 4.98 Å². The molecule has 3 nitrogen and oxygen atoms in total. The van der Waals surface area contributed by atoms with Crippen LogP contribution in [0.5, 0.6) is 0 Å². The van der Waals surface area contributed by atoms with Gasteiger partial charge in [0, 0.05) is 18.5 Å². The van der Waals surface area contributed by atoms with Crippen molar-refractivity contribution in [3.05, 3.63) is 59.9 Å². The number of alkyl halides is 3. The van der Waals surface area contributed by atoms with Crippen molar-refractivity contribution in [2.75, 3.05) is 0 Å². The molecular formula is C15H10F3NO2. The number of hydrogen-bond acceptors (Lipinski definition) is 2. The molecule has 6 heteroatoms. The highest BCUT2D eigenvalue weighted by Gasteiger charge is 2.33. The standard InChI is InChI=1S/C15H10F3NO2/c16-15(17,18)13-3-1-2-11(10-6-8-19-9-7-10)12(13)4-5-14(20)21/h1-9H,(H,20,21)/b5-4+. The van der Waals surface area contributed by atoms with Gasteiger partial charge < -0.3 is 5.11 Å². The van der Waals surface area contributed by atoms with Crippen LogP contribution in [-0.4, -0.2) is 16.1 Å². The van der Waals surface area contributed by atoms with Crippen LogP contribution in [0.3, 0.4) is 0 Å². The number of carbonyl (C=O) groups is 1. The van der Waals surface area contributed by atoms with Gasteiger partial charge >= 0.3 is 12.1 Å². The van der Waals surface area contributed by atoms with E-state index in [1.54, 1.807) is 12.1 Å². The molecule has 1 N–H and O–H groups in total. The molecule has 0 atom stereocenters. The van der Waals surface area contributed by atoms with Crippen LogP contribution in [0.25, 0.3) is 17.2 Å². The third kappa shape index (κ3) is 3.47. The van der Waals surface area contributed by atoms with Crippen molar-refractivity contribution in [2.45, 2.75) is 6.18 Å². The van der Waals surface area contributed by atoms with Crippen LogP contribution in [0, 0.1) is 0 Å². The highest BCUT2D eigenvalue weighted by Crippen LogP contribution is 2.37. The second-order valence-electron chi connectivity index (χ2n) is 4.17. The average Bonchev–Trinajstić information content (AvgIpc) is 2.44. The molecule has 1 aromatic carbocycles. The second-order valence-corrected chi connectivity index (χ2v) is 4.17. The van der Waals surface area contributed by atoms with Gasteiger partial charge in [0.15, 0.2) is 0 Å². The number of hydrogen-bond donors (Lipinski definition) is 1. The highest BCUT2D eigenvalue weighted by atomic mass is 19.4. The topological polar surface area (TPSA) is 50.2 Å². The Kier molecular flexibility index (Phi) is 4.07. The Bertz CT molecular complexity index is 679. The van der Waals surface area contributed by atoms with Crippen LogP contribution in [0.2, 0.25) is 0 Å². The molecule has 1 aromatic heterocycles. The minimum atomic E-state index is -4.57. The molecule has 0 saturated heterocycles. The van der Waals surface area contributed by atoms with E-state index in [4.69, 9.17) is 5.11 Å². The molecule has 0 bridgehead atoms. The number of aromatic nitrogens is 1. The Morgan fingerprint density at radius 1 is 1.14 bits per heavy atom. The van der Waals surface area contributed by atoms with E-state index >= 15 is 0 Å². The molecule has 2 aromatic rings. The number of carboxylic acid groups (broad SMARTS) is 1. The Balaban J connectivity index is 2.68. The molecule has 0 aliphatic rings. The predicted octanol–water partition coefficient (Wildman–Crippen LogP) is 3.87. The lowest BCUT2D eigenvalue weighted by Gasteiger charge is -2.14. The first-order valence-electron chi connectivity index (χ1n) is 5.91. The molecule has 0 aliphatic heterocycles. The van der Waals surface area contributed by atoms with Crippen molar-refractivity contribution in [2.24, 2.45) is 0 Å². The minimum Gasteiger partial charge on any atom is -0.478 e. The van der Waals surface area contributed by atoms with Crippen molar-refractivity contribution in [1.29, 1.82) is 0 Å². The van der Waals surface area contributed by atoms with Gasteiger partial charge in [-0.05, 0) is 41.0 Å². The maximum absolute atomic E-state index is 13.1. The largest absolute Gasteiger partial charge is 0.478 e. The highest BCUT2D eigenvalue weighted by molar-refractivity contribution is 5.88. The van der Waals surface area contributed by atoms with Crippen LogP contribution >= 0.6 is 0 Å². The van der Waals surface area contributed by atoms with E-state index < -0.39 is 17.7 Å². The molecule has 0 amide bonds. The number of rotatable bonds is 3. The summed E-state index contributed by atoms with van der Waals surface area (Å²) in [4.78, 5) is 14.4. The molecule has 108 valence electrons. The maximum Gasteiger partial charge on any atom is 0.417 e. The number of carboxylic acids is 1. The number of nitrogens with zero attached hydrogens (tertiary/aromatic N) is 1. The van der Waals surface area contributed by atoms with Crippen LogP contribution in [0.1, 0.15) is 11.1 Å². The van der Waals surface area contributed by atoms with Gasteiger partial charge in [-0.25, -0.2) is 4.79 Å². The molecule has 0 aliphatic carbocycles. The van der Waals surface area contributed by atoms with Crippen LogP contribution < -0.4 is 0 Å². The first-order valence-corrected chi connectivity index (χ1v) is 5.91. The van der Waals surface area contributed by atoms with E-state index in [1.165, 1.54) is 24.5 Å². The predicted molar refractivity (Wildman–Crippen MR) is 71.3 cm³/mol. The molecule has 0 radical (unpaired) electrons. The monoisotopic (exact) mass is 293 g/mol. The molecule has 2 rings (SSSR count). The number of benzene rings is 1. The van der Waals surface area contributed by atoms with Crippen LogP contribution in [0.4, 0.5) is 13.2 Å². The smallest absolute Gasteiger partial charge is 0.417 e. The quantitative estimate of drug-likeness (QED) is 0.874. The first kappa shape index (κ1) is 14.8. The van der Waals surface area contributed by atoms with Gasteiger partial charge in [0.05, 0.1) is 5.56 Å². The summed E-state index contributed by atoms with van der Waals surface area (Å²) in [6, 6.07) is 6.84. The zero-order chi connectivity index (χ0) is 15.5. The number of pyridine rings is 1. The Labute approximate surface area is 118 Å². The summed E-state index contributed by atoms with van der Waals surface area (Å²) in [6.07, 6.45) is -0.00201. The lowest BCUT2D eigenvalue weighted by atomic mass is 9.95. The summed E-state index contributed by atoms with van der Waals surface area (Å²) < 4.78 is 39.2. The third-order valence-electron chi connectivity index (χ3n) is 2.80. The molecular weight excluding hydrogens is 283 g/mol. The zero-order valence-corrected chi connectivity index (χ0v) is 10.6. The Hall–Kier alpha value is -2.63. The lowest BCUT2D eigenvalue weighted by molar-refractivity contribution is -0.137. The van der Waals surface area contributed by atoms with E-state index in [-0.39, 0.29) is 5.56 Å². The second kappa shape index (κ2) is 5.78. The van der Waals surface area contributed by atoms with Crippen molar-refractivity contribution >= 4 is 12.0 Å². The fourth-order valence-corrected chi connectivity index (χ4v) is 1.93. The molecule has 21 heavy (non-hydrogen) atoms. The Morgan fingerprint density at radius 3 is 2.38 bits per heavy atom. The summed E-state index contributed by atoms with van der Waals surface area (Å²) in [5.74, 6) is -1.31. The molecule has 1 heterocycles. The van der Waals surface area contributed by atoms with Gasteiger partial charge in [-0.15, -0.1) is 0 Å². The van der Waals surface area contributed by atoms with Crippen molar-refractivity contribution in [1.82, 2.24) is 4.98 Å². The van der Waals surface area contributed by atoms with E-state index in [9.17, 15) is 18.0 Å². The SMILES string of the molecule is O=C(O)/C=C/c1c(-c2ccncc2)cccc1C(F)(F)F. The van der Waals surface area contributed by atoms with Crippen LogP contribution in [0.15, 0.2) is 48.8 Å². The van der Waals surface area contributed by atoms with Gasteiger partial charge in [-0.2, -0.15) is 13.2 Å². The third-order valence-corrected chi connectivity index (χ3v) is 2.80. The van der Waals surface area contributed by atoms with Gasteiger partial charge in [0.1, 0.15) is 0 Å². The van der Waals surface area contributed by atoms with Crippen molar-refractivity contribution in [3.63, 3.8) is 0 Å². The molecule has 0 unspecified atom stereocenters.